The van der Waals surface area contributed by atoms with Crippen LogP contribution in [0.25, 0.3) is 0 Å². The molecule has 5 rings (SSSR count). The van der Waals surface area contributed by atoms with Gasteiger partial charge in [0.1, 0.15) is 35.9 Å². The van der Waals surface area contributed by atoms with Crippen molar-refractivity contribution in [3.8, 4) is 11.5 Å². The molecule has 6 atom stereocenters. The Labute approximate surface area is 174 Å². The minimum absolute atomic E-state index is 0.382. The monoisotopic (exact) mass is 434 g/mol. The SMILES string of the molecule is COc1ccc([C@H]2OP(=O)(Oc3ccccc3)O[C@H]3[C@H]2O[C@@H]2OC(C)(C)O[C@@H]23)cc1. The molecule has 3 heterocycles. The van der Waals surface area contributed by atoms with Gasteiger partial charge in [-0.2, -0.15) is 0 Å². The van der Waals surface area contributed by atoms with Crippen molar-refractivity contribution in [2.24, 2.45) is 0 Å². The van der Waals surface area contributed by atoms with Crippen LogP contribution in [-0.2, 0) is 27.8 Å². The summed E-state index contributed by atoms with van der Waals surface area (Å²) in [5.41, 5.74) is 0.755. The normalized spacial score (nSPS) is 36.7. The molecule has 160 valence electrons. The molecule has 3 aliphatic heterocycles. The number of rotatable bonds is 4. The average Bonchev–Trinajstić information content (AvgIpc) is 3.20. The lowest BCUT2D eigenvalue weighted by Gasteiger charge is -2.38. The second-order valence-electron chi connectivity index (χ2n) is 7.79. The van der Waals surface area contributed by atoms with Crippen LogP contribution in [0.1, 0.15) is 25.5 Å². The van der Waals surface area contributed by atoms with E-state index < -0.39 is 44.3 Å². The first-order valence-electron chi connectivity index (χ1n) is 9.72. The fraction of sp³-hybridized carbons (Fsp3) is 0.429. The van der Waals surface area contributed by atoms with E-state index in [9.17, 15) is 4.57 Å². The molecular weight excluding hydrogens is 411 g/mol. The van der Waals surface area contributed by atoms with Gasteiger partial charge in [0.05, 0.1) is 7.11 Å². The fourth-order valence-electron chi connectivity index (χ4n) is 3.94. The van der Waals surface area contributed by atoms with Gasteiger partial charge in [-0.25, -0.2) is 4.57 Å². The van der Waals surface area contributed by atoms with E-state index in [1.54, 1.807) is 57.4 Å². The smallest absolute Gasteiger partial charge is 0.497 e. The minimum Gasteiger partial charge on any atom is -0.497 e. The van der Waals surface area contributed by atoms with E-state index in [0.29, 0.717) is 11.5 Å². The zero-order chi connectivity index (χ0) is 20.9. The van der Waals surface area contributed by atoms with Crippen LogP contribution in [0.3, 0.4) is 0 Å². The van der Waals surface area contributed by atoms with Gasteiger partial charge in [0.15, 0.2) is 12.1 Å². The molecule has 0 aromatic heterocycles. The van der Waals surface area contributed by atoms with Gasteiger partial charge in [-0.3, -0.25) is 9.05 Å². The molecule has 0 spiro atoms. The van der Waals surface area contributed by atoms with Crippen molar-refractivity contribution >= 4 is 7.82 Å². The number of phosphoric acid groups is 1. The maximum Gasteiger partial charge on any atom is 0.531 e. The van der Waals surface area contributed by atoms with E-state index in [-0.39, 0.29) is 0 Å². The van der Waals surface area contributed by atoms with Crippen LogP contribution >= 0.6 is 7.82 Å². The van der Waals surface area contributed by atoms with Crippen LogP contribution in [0.15, 0.2) is 54.6 Å². The molecule has 9 heteroatoms. The standard InChI is InChI=1S/C21H23O8P/c1-21(2)25-19-18-17(24-20(19)26-21)16(13-9-11-14(23-3)12-10-13)28-30(22,29-18)27-15-7-5-4-6-8-15/h4-12,16-20H,1-3H3/t16-,17+,18+,19-,20-,30?/m1/s1. The topological polar surface area (TPSA) is 81.7 Å². The Bertz CT molecular complexity index is 947. The van der Waals surface area contributed by atoms with Crippen LogP contribution in [0.5, 0.6) is 11.5 Å². The van der Waals surface area contributed by atoms with E-state index in [2.05, 4.69) is 0 Å². The fourth-order valence-corrected chi connectivity index (χ4v) is 5.51. The van der Waals surface area contributed by atoms with Gasteiger partial charge in [-0.05, 0) is 43.7 Å². The summed E-state index contributed by atoms with van der Waals surface area (Å²) in [7, 11) is -2.39. The number of hydrogen-bond donors (Lipinski definition) is 0. The molecular formula is C21H23O8P. The van der Waals surface area contributed by atoms with E-state index >= 15 is 0 Å². The third kappa shape index (κ3) is 3.64. The summed E-state index contributed by atoms with van der Waals surface area (Å²) in [6.07, 6.45) is -3.17. The van der Waals surface area contributed by atoms with Crippen LogP contribution in [0.4, 0.5) is 0 Å². The molecule has 3 saturated heterocycles. The van der Waals surface area contributed by atoms with Gasteiger partial charge < -0.3 is 23.5 Å². The van der Waals surface area contributed by atoms with Gasteiger partial charge in [-0.1, -0.05) is 30.3 Å². The maximum atomic E-state index is 13.6. The highest BCUT2D eigenvalue weighted by Crippen LogP contribution is 2.62. The van der Waals surface area contributed by atoms with Crippen LogP contribution in [0.2, 0.25) is 0 Å². The van der Waals surface area contributed by atoms with Gasteiger partial charge in [-0.15, -0.1) is 0 Å². The second kappa shape index (κ2) is 7.34. The van der Waals surface area contributed by atoms with Crippen molar-refractivity contribution in [3.63, 3.8) is 0 Å². The Hall–Kier alpha value is -1.93. The number of phosphoric ester groups is 1. The summed E-state index contributed by atoms with van der Waals surface area (Å²) in [4.78, 5) is 0. The zero-order valence-electron chi connectivity index (χ0n) is 16.8. The molecule has 0 saturated carbocycles. The third-order valence-electron chi connectivity index (χ3n) is 5.22. The summed E-state index contributed by atoms with van der Waals surface area (Å²) < 4.78 is 54.1. The van der Waals surface area contributed by atoms with Crippen LogP contribution < -0.4 is 9.26 Å². The predicted octanol–water partition coefficient (Wildman–Crippen LogP) is 4.22. The summed E-state index contributed by atoms with van der Waals surface area (Å²) >= 11 is 0. The lowest BCUT2D eigenvalue weighted by atomic mass is 9.99. The number of fused-ring (bicyclic) bond motifs is 3. The highest BCUT2D eigenvalue weighted by molar-refractivity contribution is 7.49. The first-order chi connectivity index (χ1) is 14.4. The van der Waals surface area contributed by atoms with Gasteiger partial charge in [0, 0.05) is 0 Å². The van der Waals surface area contributed by atoms with Crippen molar-refractivity contribution in [2.45, 2.75) is 50.3 Å². The second-order valence-corrected chi connectivity index (χ2v) is 9.29. The molecule has 2 aromatic rings. The highest BCUT2D eigenvalue weighted by Gasteiger charge is 2.63. The Morgan fingerprint density at radius 1 is 0.867 bits per heavy atom. The minimum atomic E-state index is -3.98. The van der Waals surface area contributed by atoms with E-state index in [1.165, 1.54) is 0 Å². The van der Waals surface area contributed by atoms with E-state index in [0.717, 1.165) is 5.56 Å². The molecule has 0 aliphatic carbocycles. The Kier molecular flexibility index (Phi) is 4.89. The molecule has 3 fully saturated rings. The molecule has 0 N–H and O–H groups in total. The molecule has 0 amide bonds. The number of para-hydroxylation sites is 1. The van der Waals surface area contributed by atoms with Crippen molar-refractivity contribution in [3.05, 3.63) is 60.2 Å². The molecule has 8 nitrogen and oxygen atoms in total. The summed E-state index contributed by atoms with van der Waals surface area (Å²) in [6, 6.07) is 16.0. The lowest BCUT2D eigenvalue weighted by molar-refractivity contribution is -0.231. The largest absolute Gasteiger partial charge is 0.531 e. The van der Waals surface area contributed by atoms with Gasteiger partial charge in [0.25, 0.3) is 0 Å². The van der Waals surface area contributed by atoms with Gasteiger partial charge >= 0.3 is 7.82 Å². The third-order valence-corrected chi connectivity index (χ3v) is 6.64. The summed E-state index contributed by atoms with van der Waals surface area (Å²) in [6.45, 7) is 3.59. The number of methoxy groups -OCH3 is 1. The first-order valence-corrected chi connectivity index (χ1v) is 11.2. The zero-order valence-corrected chi connectivity index (χ0v) is 17.7. The summed E-state index contributed by atoms with van der Waals surface area (Å²) in [5.74, 6) is 0.248. The molecule has 3 aliphatic rings. The molecule has 1 unspecified atom stereocenters. The number of hydrogen-bond acceptors (Lipinski definition) is 8. The van der Waals surface area contributed by atoms with Crippen molar-refractivity contribution in [2.75, 3.05) is 7.11 Å². The molecule has 0 bridgehead atoms. The van der Waals surface area contributed by atoms with Crippen molar-refractivity contribution < 1.29 is 37.1 Å². The Morgan fingerprint density at radius 2 is 1.60 bits per heavy atom. The quantitative estimate of drug-likeness (QED) is 0.662. The van der Waals surface area contributed by atoms with Crippen LogP contribution in [-0.4, -0.2) is 37.5 Å². The predicted molar refractivity (Wildman–Crippen MR) is 105 cm³/mol. The molecule has 0 radical (unpaired) electrons. The highest BCUT2D eigenvalue weighted by atomic mass is 31.2. The van der Waals surface area contributed by atoms with Crippen molar-refractivity contribution in [1.82, 2.24) is 0 Å². The lowest BCUT2D eigenvalue weighted by Crippen LogP contribution is -2.43. The van der Waals surface area contributed by atoms with Gasteiger partial charge in [0.2, 0.25) is 0 Å². The maximum absolute atomic E-state index is 13.6. The molecule has 30 heavy (non-hydrogen) atoms. The number of benzene rings is 2. The first kappa shape index (κ1) is 20.0. The molecule has 2 aromatic carbocycles. The average molecular weight is 434 g/mol. The Morgan fingerprint density at radius 3 is 2.30 bits per heavy atom. The van der Waals surface area contributed by atoms with Crippen molar-refractivity contribution in [1.29, 1.82) is 0 Å². The van der Waals surface area contributed by atoms with E-state index in [4.69, 9.17) is 32.5 Å². The Balaban J connectivity index is 1.48. The number of ether oxygens (including phenoxy) is 4. The van der Waals surface area contributed by atoms with E-state index in [1.807, 2.05) is 18.2 Å². The summed E-state index contributed by atoms with van der Waals surface area (Å²) in [5, 5.41) is 0. The van der Waals surface area contributed by atoms with Crippen LogP contribution in [0, 0.1) is 0 Å².